The van der Waals surface area contributed by atoms with Crippen molar-refractivity contribution >= 4 is 35.4 Å². The number of nitrogens with one attached hydrogen (secondary N) is 1. The van der Waals surface area contributed by atoms with Gasteiger partial charge in [0.05, 0.1) is 36.4 Å². The molecular weight excluding hydrogens is 693 g/mol. The molecule has 4 rings (SSSR count). The largest absolute Gasteiger partial charge is 0.465 e. The van der Waals surface area contributed by atoms with Crippen LogP contribution in [0.4, 0.5) is 18.9 Å². The molecule has 0 bridgehead atoms. The highest BCUT2D eigenvalue weighted by atomic mass is 19.4. The Hall–Kier alpha value is -5.98. The molecule has 4 aromatic rings. The fourth-order valence-corrected chi connectivity index (χ4v) is 5.51. The van der Waals surface area contributed by atoms with Crippen molar-refractivity contribution in [3.63, 3.8) is 0 Å². The number of amides is 2. The van der Waals surface area contributed by atoms with Crippen LogP contribution in [-0.4, -0.2) is 68.5 Å². The van der Waals surface area contributed by atoms with Gasteiger partial charge in [0.1, 0.15) is 6.61 Å². The van der Waals surface area contributed by atoms with E-state index in [4.69, 9.17) is 14.2 Å². The van der Waals surface area contributed by atoms with Crippen LogP contribution >= 0.6 is 0 Å². The van der Waals surface area contributed by atoms with Crippen molar-refractivity contribution in [3.8, 4) is 11.1 Å². The van der Waals surface area contributed by atoms with Crippen LogP contribution in [0.1, 0.15) is 56.8 Å². The Morgan fingerprint density at radius 2 is 1.34 bits per heavy atom. The number of aryl methyl sites for hydroxylation is 1. The third-order valence-corrected chi connectivity index (χ3v) is 8.22. The van der Waals surface area contributed by atoms with E-state index in [1.165, 1.54) is 61.5 Å². The molecule has 0 atom stereocenters. The lowest BCUT2D eigenvalue weighted by atomic mass is 9.81. The second-order valence-electron chi connectivity index (χ2n) is 12.2. The Balaban J connectivity index is 1.62. The second kappa shape index (κ2) is 17.0. The molecule has 0 spiro atoms. The van der Waals surface area contributed by atoms with E-state index in [1.807, 2.05) is 0 Å². The molecule has 0 aromatic heterocycles. The second-order valence-corrected chi connectivity index (χ2v) is 12.2. The summed E-state index contributed by atoms with van der Waals surface area (Å²) in [6.45, 7) is 4.08. The van der Waals surface area contributed by atoms with Crippen LogP contribution in [0, 0.1) is 6.92 Å². The monoisotopic (exact) mass is 732 g/mol. The van der Waals surface area contributed by atoms with E-state index in [0.29, 0.717) is 22.3 Å². The van der Waals surface area contributed by atoms with Crippen molar-refractivity contribution in [1.29, 1.82) is 0 Å². The van der Waals surface area contributed by atoms with Crippen molar-refractivity contribution < 1.29 is 51.4 Å². The predicted octanol–water partition coefficient (Wildman–Crippen LogP) is 6.78. The van der Waals surface area contributed by atoms with Crippen LogP contribution in [0.5, 0.6) is 0 Å². The van der Waals surface area contributed by atoms with Crippen LogP contribution in [0.15, 0.2) is 91.0 Å². The molecule has 0 aliphatic rings. The van der Waals surface area contributed by atoms with E-state index < -0.39 is 53.5 Å². The molecule has 4 aromatic carbocycles. The van der Waals surface area contributed by atoms with Gasteiger partial charge >= 0.3 is 24.1 Å². The summed E-state index contributed by atoms with van der Waals surface area (Å²) < 4.78 is 55.5. The normalized spacial score (nSPS) is 11.3. The van der Waals surface area contributed by atoms with E-state index >= 15 is 0 Å². The number of carbonyl (C=O) groups is 5. The Morgan fingerprint density at radius 3 is 1.91 bits per heavy atom. The number of hydrogen-bond donors (Lipinski definition) is 1. The summed E-state index contributed by atoms with van der Waals surface area (Å²) in [4.78, 5) is 68.2. The third kappa shape index (κ3) is 9.28. The number of nitrogens with zero attached hydrogens (tertiary/aromatic N) is 1. The molecule has 0 saturated carbocycles. The van der Waals surface area contributed by atoms with Crippen molar-refractivity contribution in [2.24, 2.45) is 0 Å². The van der Waals surface area contributed by atoms with Gasteiger partial charge in [-0.1, -0.05) is 66.2 Å². The maximum absolute atomic E-state index is 13.7. The van der Waals surface area contributed by atoms with E-state index in [1.54, 1.807) is 57.2 Å². The van der Waals surface area contributed by atoms with Crippen LogP contribution in [0.2, 0.25) is 0 Å². The number of anilines is 1. The molecule has 2 amide bonds. The fourth-order valence-electron chi connectivity index (χ4n) is 5.51. The summed E-state index contributed by atoms with van der Waals surface area (Å²) >= 11 is 0. The highest BCUT2D eigenvalue weighted by Crippen LogP contribution is 2.33. The van der Waals surface area contributed by atoms with Gasteiger partial charge in [-0.25, -0.2) is 0 Å². The number of esters is 3. The average Bonchev–Trinajstić information content (AvgIpc) is 3.12. The van der Waals surface area contributed by atoms with Gasteiger partial charge < -0.3 is 24.4 Å². The standard InChI is InChI=1S/C40H39F3N2O8/c1-6-51-37(49)39(38(50)52-7-2,28-11-9-8-10-12-28)24-53-34(46)23-26-14-20-33(32(22-26)36(48)45(4)5)44-35(47)31-21-25(3)13-19-30(31)27-15-17-29(18-16-27)40(41,42)43/h8-22H,6-7,23-24H2,1-5H3,(H,44,47). The number of ether oxygens (including phenoxy) is 3. The molecular formula is C40H39F3N2O8. The number of rotatable bonds is 13. The quantitative estimate of drug-likeness (QED) is 0.0905. The van der Waals surface area contributed by atoms with Crippen molar-refractivity contribution in [1.82, 2.24) is 4.90 Å². The summed E-state index contributed by atoms with van der Waals surface area (Å²) in [5.41, 5.74) is -0.635. The molecule has 0 unspecified atom stereocenters. The Morgan fingerprint density at radius 1 is 0.717 bits per heavy atom. The van der Waals surface area contributed by atoms with Gasteiger partial charge in [0.2, 0.25) is 5.41 Å². The smallest absolute Gasteiger partial charge is 0.416 e. The first-order valence-corrected chi connectivity index (χ1v) is 16.6. The SMILES string of the molecule is CCOC(=O)C(COC(=O)Cc1ccc(NC(=O)c2cc(C)ccc2-c2ccc(C(F)(F)F)cc2)c(C(=O)N(C)C)c1)(C(=O)OCC)c1ccccc1. The zero-order chi connectivity index (χ0) is 38.9. The van der Waals surface area contributed by atoms with E-state index in [-0.39, 0.29) is 42.0 Å². The van der Waals surface area contributed by atoms with Gasteiger partial charge in [-0.3, -0.25) is 24.0 Å². The summed E-state index contributed by atoms with van der Waals surface area (Å²) in [6, 6.07) is 21.7. The molecule has 0 heterocycles. The molecule has 0 aliphatic carbocycles. The van der Waals surface area contributed by atoms with E-state index in [2.05, 4.69) is 5.32 Å². The molecule has 0 fully saturated rings. The first-order valence-electron chi connectivity index (χ1n) is 16.6. The first kappa shape index (κ1) is 39.8. The molecule has 0 radical (unpaired) electrons. The van der Waals surface area contributed by atoms with Crippen molar-refractivity contribution in [3.05, 3.63) is 124 Å². The summed E-state index contributed by atoms with van der Waals surface area (Å²) in [5.74, 6) is -3.87. The predicted molar refractivity (Wildman–Crippen MR) is 190 cm³/mol. The van der Waals surface area contributed by atoms with Crippen LogP contribution in [0.3, 0.4) is 0 Å². The highest BCUT2D eigenvalue weighted by molar-refractivity contribution is 6.12. The lowest BCUT2D eigenvalue weighted by Crippen LogP contribution is -2.50. The van der Waals surface area contributed by atoms with Crippen molar-refractivity contribution in [2.75, 3.05) is 39.2 Å². The van der Waals surface area contributed by atoms with Gasteiger partial charge in [-0.15, -0.1) is 0 Å². The molecule has 10 nitrogen and oxygen atoms in total. The molecule has 0 saturated heterocycles. The minimum absolute atomic E-state index is 0.0362. The zero-order valence-corrected chi connectivity index (χ0v) is 29.8. The van der Waals surface area contributed by atoms with E-state index in [9.17, 15) is 37.1 Å². The van der Waals surface area contributed by atoms with Crippen molar-refractivity contribution in [2.45, 2.75) is 38.8 Å². The number of carbonyl (C=O) groups excluding carboxylic acids is 5. The van der Waals surface area contributed by atoms with Gasteiger partial charge in [-0.05, 0) is 73.4 Å². The average molecular weight is 733 g/mol. The molecule has 278 valence electrons. The fraction of sp³-hybridized carbons (Fsp3) is 0.275. The first-order chi connectivity index (χ1) is 25.1. The number of benzene rings is 4. The highest BCUT2D eigenvalue weighted by Gasteiger charge is 2.52. The van der Waals surface area contributed by atoms with Gasteiger partial charge in [0.25, 0.3) is 11.8 Å². The lowest BCUT2D eigenvalue weighted by molar-refractivity contribution is -0.170. The topological polar surface area (TPSA) is 128 Å². The van der Waals surface area contributed by atoms with Crippen LogP contribution in [0.25, 0.3) is 11.1 Å². The maximum atomic E-state index is 13.7. The molecule has 0 aliphatic heterocycles. The number of hydrogen-bond acceptors (Lipinski definition) is 8. The summed E-state index contributed by atoms with van der Waals surface area (Å²) in [5, 5.41) is 2.74. The van der Waals surface area contributed by atoms with Crippen LogP contribution in [-0.2, 0) is 46.6 Å². The van der Waals surface area contributed by atoms with E-state index in [0.717, 1.165) is 12.1 Å². The minimum atomic E-state index is -4.53. The Bertz CT molecular complexity index is 1960. The van der Waals surface area contributed by atoms with Gasteiger partial charge in [-0.2, -0.15) is 13.2 Å². The molecule has 1 N–H and O–H groups in total. The molecule has 53 heavy (non-hydrogen) atoms. The number of alkyl halides is 3. The summed E-state index contributed by atoms with van der Waals surface area (Å²) in [7, 11) is 3.01. The Labute approximate surface area is 304 Å². The van der Waals surface area contributed by atoms with Gasteiger partial charge in [0, 0.05) is 19.7 Å². The lowest BCUT2D eigenvalue weighted by Gasteiger charge is -2.29. The third-order valence-electron chi connectivity index (χ3n) is 8.22. The molecule has 13 heteroatoms. The van der Waals surface area contributed by atoms with Gasteiger partial charge in [0.15, 0.2) is 0 Å². The number of halogens is 3. The maximum Gasteiger partial charge on any atom is 0.416 e. The minimum Gasteiger partial charge on any atom is -0.465 e. The summed E-state index contributed by atoms with van der Waals surface area (Å²) in [6.07, 6.45) is -4.91. The van der Waals surface area contributed by atoms with Crippen LogP contribution < -0.4 is 5.32 Å². The Kier molecular flexibility index (Phi) is 12.8. The zero-order valence-electron chi connectivity index (χ0n) is 29.8.